The largest absolute Gasteiger partial charge is 0.493 e. The number of amides is 1. The van der Waals surface area contributed by atoms with E-state index < -0.39 is 5.69 Å². The summed E-state index contributed by atoms with van der Waals surface area (Å²) in [6.07, 6.45) is 2.51. The third kappa shape index (κ3) is 6.95. The first-order chi connectivity index (χ1) is 28.3. The molecule has 3 aliphatic heterocycles. The zero-order valence-electron chi connectivity index (χ0n) is 32.7. The molecule has 1 amide bonds. The molecule has 9 rings (SSSR count). The molecule has 3 aromatic heterocycles. The zero-order chi connectivity index (χ0) is 39.9. The average molecular weight is 817 g/mol. The summed E-state index contributed by atoms with van der Waals surface area (Å²) in [5, 5.41) is 4.10. The molecule has 298 valence electrons. The van der Waals surface area contributed by atoms with E-state index in [1.54, 1.807) is 11.7 Å². The molecule has 0 spiro atoms. The summed E-state index contributed by atoms with van der Waals surface area (Å²) in [5.41, 5.74) is 5.48. The number of benzene rings is 3. The number of rotatable bonds is 10. The van der Waals surface area contributed by atoms with Crippen molar-refractivity contribution in [1.29, 1.82) is 0 Å². The van der Waals surface area contributed by atoms with Gasteiger partial charge < -0.3 is 18.9 Å². The third-order valence-corrected chi connectivity index (χ3v) is 13.7. The molecular weight excluding hydrogens is 773 g/mol. The van der Waals surface area contributed by atoms with Crippen LogP contribution >= 0.6 is 23.1 Å². The number of likely N-dealkylation sites (tertiary alicyclic amines) is 1. The lowest BCUT2D eigenvalue weighted by Gasteiger charge is -2.35. The van der Waals surface area contributed by atoms with Crippen molar-refractivity contribution in [3.63, 3.8) is 0 Å². The maximum Gasteiger partial charge on any atom is 0.332 e. The second-order valence-corrected chi connectivity index (χ2v) is 17.0. The van der Waals surface area contributed by atoms with Gasteiger partial charge in [-0.15, -0.1) is 11.3 Å². The Balaban J connectivity index is 0.967. The van der Waals surface area contributed by atoms with Crippen molar-refractivity contribution in [3.05, 3.63) is 128 Å². The SMILES string of the molecule is CCOc1cc2c(cc1OC)C(c1ccc(C(=O)N3CCC(n4c(=O)c5sc(-c6ccccc6)cc5n(Cc5noc(CC)n5)c4=O)CC3)cc1)=N[C@@H]1CCSC[C@H]21. The van der Waals surface area contributed by atoms with Crippen LogP contribution in [0.1, 0.15) is 83.8 Å². The minimum atomic E-state index is -0.421. The number of hydrogen-bond donors (Lipinski definition) is 0. The van der Waals surface area contributed by atoms with Crippen LogP contribution in [0.25, 0.3) is 20.7 Å². The van der Waals surface area contributed by atoms with Crippen molar-refractivity contribution in [1.82, 2.24) is 24.2 Å². The van der Waals surface area contributed by atoms with Gasteiger partial charge in [-0.2, -0.15) is 16.7 Å². The van der Waals surface area contributed by atoms with E-state index >= 15 is 0 Å². The fourth-order valence-corrected chi connectivity index (χ4v) is 10.8. The van der Waals surface area contributed by atoms with Crippen LogP contribution in [0.15, 0.2) is 91.9 Å². The summed E-state index contributed by atoms with van der Waals surface area (Å²) in [7, 11) is 1.66. The van der Waals surface area contributed by atoms with Gasteiger partial charge in [0.1, 0.15) is 4.70 Å². The number of aromatic nitrogens is 4. The molecule has 0 aliphatic carbocycles. The molecule has 0 bridgehead atoms. The van der Waals surface area contributed by atoms with Crippen LogP contribution in [-0.4, -0.2) is 80.1 Å². The number of ether oxygens (including phenoxy) is 2. The smallest absolute Gasteiger partial charge is 0.332 e. The summed E-state index contributed by atoms with van der Waals surface area (Å²) in [6, 6.07) is 23.4. The standard InChI is InChI=1S/C44H44N6O6S2/c1-4-39-46-38(47-56-39)24-49-34-23-37(26-9-7-6-8-10-26)58-41(34)43(52)50(44(49)53)29-15-18-48(19-16-29)42(51)28-13-11-27(12-14-28)40-31-22-35(54-3)36(55-5-2)21-30(31)32-25-57-20-17-33(32)45-40/h6-14,21-23,29,32-33H,4-5,15-20,24-25H2,1-3H3/t32-,33-/m1/s1. The molecule has 0 N–H and O–H groups in total. The highest BCUT2D eigenvalue weighted by Crippen LogP contribution is 2.44. The first kappa shape index (κ1) is 38.1. The first-order valence-corrected chi connectivity index (χ1v) is 21.9. The molecule has 14 heteroatoms. The summed E-state index contributed by atoms with van der Waals surface area (Å²) in [4.78, 5) is 54.9. The Kier molecular flexibility index (Phi) is 10.5. The second kappa shape index (κ2) is 16.1. The molecule has 0 unspecified atom stereocenters. The van der Waals surface area contributed by atoms with E-state index in [0.717, 1.165) is 51.0 Å². The van der Waals surface area contributed by atoms with Gasteiger partial charge in [0.05, 0.1) is 37.5 Å². The highest BCUT2D eigenvalue weighted by atomic mass is 32.2. The van der Waals surface area contributed by atoms with Crippen LogP contribution in [0, 0.1) is 0 Å². The fourth-order valence-electron chi connectivity index (χ4n) is 8.46. The highest BCUT2D eigenvalue weighted by Gasteiger charge is 2.35. The van der Waals surface area contributed by atoms with Gasteiger partial charge in [0.15, 0.2) is 17.3 Å². The van der Waals surface area contributed by atoms with E-state index in [0.29, 0.717) is 78.1 Å². The second-order valence-electron chi connectivity index (χ2n) is 14.8. The molecule has 2 saturated heterocycles. The van der Waals surface area contributed by atoms with Crippen LogP contribution in [0.2, 0.25) is 0 Å². The van der Waals surface area contributed by atoms with E-state index in [2.05, 4.69) is 16.2 Å². The molecule has 3 aromatic carbocycles. The molecule has 3 aliphatic rings. The van der Waals surface area contributed by atoms with Crippen LogP contribution in [-0.2, 0) is 13.0 Å². The van der Waals surface area contributed by atoms with Crippen LogP contribution in [0.4, 0.5) is 0 Å². The monoisotopic (exact) mass is 816 g/mol. The lowest BCUT2D eigenvalue weighted by atomic mass is 9.81. The lowest BCUT2D eigenvalue weighted by molar-refractivity contribution is 0.0691. The number of thiophene rings is 1. The highest BCUT2D eigenvalue weighted by molar-refractivity contribution is 7.99. The summed E-state index contributed by atoms with van der Waals surface area (Å²) in [5.74, 6) is 4.60. The normalized spacial score (nSPS) is 18.1. The summed E-state index contributed by atoms with van der Waals surface area (Å²) >= 11 is 3.34. The summed E-state index contributed by atoms with van der Waals surface area (Å²) in [6.45, 7) is 5.32. The minimum absolute atomic E-state index is 0.0670. The zero-order valence-corrected chi connectivity index (χ0v) is 34.3. The fraction of sp³-hybridized carbons (Fsp3) is 0.364. The van der Waals surface area contributed by atoms with Gasteiger partial charge in [-0.3, -0.25) is 23.7 Å². The number of fused-ring (bicyclic) bond motifs is 4. The topological polar surface area (TPSA) is 134 Å². The maximum absolute atomic E-state index is 14.3. The van der Waals surface area contributed by atoms with Crippen molar-refractivity contribution < 1.29 is 18.8 Å². The van der Waals surface area contributed by atoms with E-state index in [-0.39, 0.29) is 30.1 Å². The number of carbonyl (C=O) groups excluding carboxylic acids is 1. The van der Waals surface area contributed by atoms with Gasteiger partial charge in [0, 0.05) is 58.8 Å². The van der Waals surface area contributed by atoms with Crippen molar-refractivity contribution in [3.8, 4) is 21.9 Å². The van der Waals surface area contributed by atoms with Crippen molar-refractivity contribution in [2.75, 3.05) is 38.3 Å². The van der Waals surface area contributed by atoms with Crippen LogP contribution in [0.5, 0.6) is 11.5 Å². The van der Waals surface area contributed by atoms with Gasteiger partial charge in [-0.05, 0) is 73.4 Å². The molecule has 6 aromatic rings. The quantitative estimate of drug-likeness (QED) is 0.141. The molecule has 0 saturated carbocycles. The lowest BCUT2D eigenvalue weighted by Crippen LogP contribution is -2.46. The summed E-state index contributed by atoms with van der Waals surface area (Å²) < 4.78 is 20.5. The van der Waals surface area contributed by atoms with Crippen molar-refractivity contribution in [2.24, 2.45) is 4.99 Å². The van der Waals surface area contributed by atoms with Crippen LogP contribution in [0.3, 0.4) is 0 Å². The molecule has 58 heavy (non-hydrogen) atoms. The number of hydrogen-bond acceptors (Lipinski definition) is 11. The molecule has 2 fully saturated rings. The Morgan fingerprint density at radius 2 is 1.74 bits per heavy atom. The molecule has 0 radical (unpaired) electrons. The number of aliphatic imine (C=N–C) groups is 1. The molecule has 12 nitrogen and oxygen atoms in total. The average Bonchev–Trinajstić information content (AvgIpc) is 3.93. The van der Waals surface area contributed by atoms with Gasteiger partial charge in [0.2, 0.25) is 5.89 Å². The Morgan fingerprint density at radius 3 is 2.47 bits per heavy atom. The Hall–Kier alpha value is -5.47. The van der Waals surface area contributed by atoms with E-state index in [1.807, 2.05) is 97.2 Å². The van der Waals surface area contributed by atoms with E-state index in [4.69, 9.17) is 19.0 Å². The third-order valence-electron chi connectivity index (χ3n) is 11.5. The molecule has 2 atom stereocenters. The predicted molar refractivity (Wildman–Crippen MR) is 227 cm³/mol. The van der Waals surface area contributed by atoms with E-state index in [9.17, 15) is 14.4 Å². The van der Waals surface area contributed by atoms with Crippen molar-refractivity contribution >= 4 is 44.9 Å². The van der Waals surface area contributed by atoms with Gasteiger partial charge in [0.25, 0.3) is 11.5 Å². The first-order valence-electron chi connectivity index (χ1n) is 19.9. The van der Waals surface area contributed by atoms with Gasteiger partial charge in [-0.1, -0.05) is 54.5 Å². The minimum Gasteiger partial charge on any atom is -0.493 e. The van der Waals surface area contributed by atoms with Crippen molar-refractivity contribution in [2.45, 2.75) is 64.1 Å². The number of methoxy groups -OCH3 is 1. The number of thioether (sulfide) groups is 1. The molecular formula is C44H44N6O6S2. The van der Waals surface area contributed by atoms with Gasteiger partial charge in [-0.25, -0.2) is 4.79 Å². The number of aryl methyl sites for hydroxylation is 1. The van der Waals surface area contributed by atoms with Crippen LogP contribution < -0.4 is 20.7 Å². The number of piperidine rings is 1. The van der Waals surface area contributed by atoms with E-state index in [1.165, 1.54) is 21.5 Å². The Bertz CT molecular complexity index is 2640. The predicted octanol–water partition coefficient (Wildman–Crippen LogP) is 7.21. The number of carbonyl (C=O) groups is 1. The van der Waals surface area contributed by atoms with Gasteiger partial charge >= 0.3 is 5.69 Å². The molecule has 6 heterocycles. The maximum atomic E-state index is 14.3. The Morgan fingerprint density at radius 1 is 0.948 bits per heavy atom. The Labute approximate surface area is 343 Å². The number of nitrogens with zero attached hydrogens (tertiary/aromatic N) is 6.